The minimum atomic E-state index is 0.0555. The van der Waals surface area contributed by atoms with E-state index in [0.717, 1.165) is 22.5 Å². The Balaban J connectivity index is 2.49. The van der Waals surface area contributed by atoms with Gasteiger partial charge in [0, 0.05) is 23.0 Å². The van der Waals surface area contributed by atoms with Crippen molar-refractivity contribution >= 4 is 11.0 Å². The molecule has 0 unspecified atom stereocenters. The number of aryl methyl sites for hydroxylation is 2. The summed E-state index contributed by atoms with van der Waals surface area (Å²) in [5.74, 6) is 0.402. The highest BCUT2D eigenvalue weighted by molar-refractivity contribution is 5.90. The largest absolute Gasteiger partial charge is 0.505 e. The van der Waals surface area contributed by atoms with E-state index in [1.165, 1.54) is 0 Å². The van der Waals surface area contributed by atoms with Crippen LogP contribution in [0.4, 0.5) is 0 Å². The van der Waals surface area contributed by atoms with Gasteiger partial charge in [0.05, 0.1) is 11.4 Å². The first-order chi connectivity index (χ1) is 9.41. The molecule has 1 heterocycles. The number of phenolic OH excluding ortho intramolecular Hbond substituents is 2. The molecule has 0 bridgehead atoms. The molecule has 0 radical (unpaired) electrons. The third-order valence-electron chi connectivity index (χ3n) is 4.16. The predicted molar refractivity (Wildman–Crippen MR) is 78.3 cm³/mol. The van der Waals surface area contributed by atoms with E-state index in [4.69, 9.17) is 0 Å². The van der Waals surface area contributed by atoms with Crippen LogP contribution in [0, 0.1) is 13.8 Å². The molecule has 20 heavy (non-hydrogen) atoms. The van der Waals surface area contributed by atoms with Crippen LogP contribution in [0.1, 0.15) is 48.2 Å². The number of aromatic hydroxyl groups is 2. The highest BCUT2D eigenvalue weighted by Gasteiger charge is 2.28. The van der Waals surface area contributed by atoms with Gasteiger partial charge in [-0.15, -0.1) is 0 Å². The maximum Gasteiger partial charge on any atom is 0.147 e. The standard InChI is InChI=1S/C16H18N2O2/c1-7-5-6-8(2)12-11(7)15(19)13-14(16(12)20)18-10(4)9(3)17-13/h5-8,19-20H,1-4H3/t7-,8-/m1/s1. The molecule has 104 valence electrons. The zero-order chi connectivity index (χ0) is 14.6. The Kier molecular flexibility index (Phi) is 2.71. The number of benzene rings is 1. The summed E-state index contributed by atoms with van der Waals surface area (Å²) < 4.78 is 0. The summed E-state index contributed by atoms with van der Waals surface area (Å²) in [7, 11) is 0. The molecule has 1 aromatic heterocycles. The summed E-state index contributed by atoms with van der Waals surface area (Å²) in [6.07, 6.45) is 4.10. The molecule has 2 N–H and O–H groups in total. The highest BCUT2D eigenvalue weighted by atomic mass is 16.3. The average molecular weight is 270 g/mol. The van der Waals surface area contributed by atoms with Crippen LogP contribution in [0.15, 0.2) is 12.2 Å². The van der Waals surface area contributed by atoms with Crippen LogP contribution in [0.25, 0.3) is 11.0 Å². The topological polar surface area (TPSA) is 66.2 Å². The molecule has 2 aromatic rings. The zero-order valence-corrected chi connectivity index (χ0v) is 12.1. The number of fused-ring (bicyclic) bond motifs is 2. The Labute approximate surface area is 117 Å². The summed E-state index contributed by atoms with van der Waals surface area (Å²) in [4.78, 5) is 8.81. The van der Waals surface area contributed by atoms with Crippen LogP contribution in [0.3, 0.4) is 0 Å². The summed E-state index contributed by atoms with van der Waals surface area (Å²) in [5.41, 5.74) is 3.83. The van der Waals surface area contributed by atoms with Crippen LogP contribution in [-0.4, -0.2) is 20.2 Å². The van der Waals surface area contributed by atoms with E-state index in [1.807, 2.05) is 39.8 Å². The number of allylic oxidation sites excluding steroid dienone is 2. The molecule has 1 aromatic carbocycles. The van der Waals surface area contributed by atoms with Gasteiger partial charge in [-0.3, -0.25) is 0 Å². The monoisotopic (exact) mass is 270 g/mol. The minimum Gasteiger partial charge on any atom is -0.505 e. The molecule has 1 aliphatic carbocycles. The maximum atomic E-state index is 10.6. The van der Waals surface area contributed by atoms with Crippen molar-refractivity contribution in [2.75, 3.05) is 0 Å². The first kappa shape index (κ1) is 12.9. The molecule has 0 spiro atoms. The molecule has 3 rings (SSSR count). The van der Waals surface area contributed by atoms with E-state index in [1.54, 1.807) is 0 Å². The van der Waals surface area contributed by atoms with Crippen molar-refractivity contribution in [1.29, 1.82) is 0 Å². The van der Waals surface area contributed by atoms with E-state index in [-0.39, 0.29) is 23.3 Å². The first-order valence-electron chi connectivity index (χ1n) is 6.82. The fourth-order valence-electron chi connectivity index (χ4n) is 2.89. The van der Waals surface area contributed by atoms with Gasteiger partial charge in [-0.05, 0) is 13.8 Å². The minimum absolute atomic E-state index is 0.0555. The molecule has 2 atom stereocenters. The molecule has 4 nitrogen and oxygen atoms in total. The van der Waals surface area contributed by atoms with Crippen molar-refractivity contribution in [3.05, 3.63) is 34.7 Å². The van der Waals surface area contributed by atoms with Crippen LogP contribution in [0.5, 0.6) is 11.5 Å². The van der Waals surface area contributed by atoms with Gasteiger partial charge < -0.3 is 10.2 Å². The lowest BCUT2D eigenvalue weighted by molar-refractivity contribution is 0.450. The lowest BCUT2D eigenvalue weighted by Crippen LogP contribution is -2.08. The number of hydrogen-bond acceptors (Lipinski definition) is 4. The molecule has 0 fully saturated rings. The second-order valence-electron chi connectivity index (χ2n) is 5.58. The van der Waals surface area contributed by atoms with Crippen molar-refractivity contribution in [1.82, 2.24) is 9.97 Å². The van der Waals surface area contributed by atoms with Crippen LogP contribution in [0.2, 0.25) is 0 Å². The number of aromatic nitrogens is 2. The van der Waals surface area contributed by atoms with E-state index in [9.17, 15) is 10.2 Å². The number of phenols is 2. The van der Waals surface area contributed by atoms with Crippen LogP contribution < -0.4 is 0 Å². The number of rotatable bonds is 0. The second kappa shape index (κ2) is 4.20. The fraction of sp³-hybridized carbons (Fsp3) is 0.375. The van der Waals surface area contributed by atoms with Crippen molar-refractivity contribution in [2.45, 2.75) is 39.5 Å². The first-order valence-corrected chi connectivity index (χ1v) is 6.82. The lowest BCUT2D eigenvalue weighted by Gasteiger charge is -2.25. The molecular formula is C16H18N2O2. The Hall–Kier alpha value is -2.10. The third-order valence-corrected chi connectivity index (χ3v) is 4.16. The highest BCUT2D eigenvalue weighted by Crippen LogP contribution is 2.47. The molecule has 0 amide bonds. The zero-order valence-electron chi connectivity index (χ0n) is 12.1. The average Bonchev–Trinajstić information content (AvgIpc) is 2.41. The lowest BCUT2D eigenvalue weighted by atomic mass is 9.81. The van der Waals surface area contributed by atoms with Gasteiger partial charge >= 0.3 is 0 Å². The van der Waals surface area contributed by atoms with Crippen molar-refractivity contribution < 1.29 is 10.2 Å². The van der Waals surface area contributed by atoms with E-state index in [2.05, 4.69) is 9.97 Å². The van der Waals surface area contributed by atoms with Crippen LogP contribution in [-0.2, 0) is 0 Å². The SMILES string of the molecule is Cc1nc2c(O)c3c(c(O)c2nc1C)[C@H](C)C=C[C@H]3C. The van der Waals surface area contributed by atoms with Crippen molar-refractivity contribution in [3.8, 4) is 11.5 Å². The van der Waals surface area contributed by atoms with Crippen LogP contribution >= 0.6 is 0 Å². The molecule has 4 heteroatoms. The smallest absolute Gasteiger partial charge is 0.147 e. The van der Waals surface area contributed by atoms with Gasteiger partial charge in [-0.2, -0.15) is 0 Å². The van der Waals surface area contributed by atoms with Gasteiger partial charge in [0.25, 0.3) is 0 Å². The van der Waals surface area contributed by atoms with Gasteiger partial charge in [-0.1, -0.05) is 26.0 Å². The molecule has 0 saturated carbocycles. The normalized spacial score (nSPS) is 21.2. The summed E-state index contributed by atoms with van der Waals surface area (Å²) in [6.45, 7) is 7.70. The third kappa shape index (κ3) is 1.60. The quantitative estimate of drug-likeness (QED) is 0.568. The Morgan fingerprint density at radius 3 is 1.50 bits per heavy atom. The van der Waals surface area contributed by atoms with E-state index >= 15 is 0 Å². The van der Waals surface area contributed by atoms with Gasteiger partial charge in [0.15, 0.2) is 0 Å². The maximum absolute atomic E-state index is 10.6. The Morgan fingerprint density at radius 2 is 1.15 bits per heavy atom. The molecule has 1 aliphatic rings. The predicted octanol–water partition coefficient (Wildman–Crippen LogP) is 3.43. The van der Waals surface area contributed by atoms with Crippen molar-refractivity contribution in [3.63, 3.8) is 0 Å². The molecular weight excluding hydrogens is 252 g/mol. The number of hydrogen-bond donors (Lipinski definition) is 2. The second-order valence-corrected chi connectivity index (χ2v) is 5.58. The molecule has 0 aliphatic heterocycles. The van der Waals surface area contributed by atoms with E-state index < -0.39 is 0 Å². The van der Waals surface area contributed by atoms with E-state index in [0.29, 0.717) is 11.0 Å². The van der Waals surface area contributed by atoms with Crippen molar-refractivity contribution in [2.24, 2.45) is 0 Å². The fourth-order valence-corrected chi connectivity index (χ4v) is 2.89. The molecule has 0 saturated heterocycles. The number of nitrogens with zero attached hydrogens (tertiary/aromatic N) is 2. The van der Waals surface area contributed by atoms with Gasteiger partial charge in [0.1, 0.15) is 22.5 Å². The summed E-state index contributed by atoms with van der Waals surface area (Å²) in [5, 5.41) is 21.2. The van der Waals surface area contributed by atoms with Gasteiger partial charge in [0.2, 0.25) is 0 Å². The summed E-state index contributed by atoms with van der Waals surface area (Å²) >= 11 is 0. The Bertz CT molecular complexity index is 688. The Morgan fingerprint density at radius 1 is 0.800 bits per heavy atom. The summed E-state index contributed by atoms with van der Waals surface area (Å²) in [6, 6.07) is 0. The van der Waals surface area contributed by atoms with Gasteiger partial charge in [-0.25, -0.2) is 9.97 Å².